The van der Waals surface area contributed by atoms with E-state index in [0.717, 1.165) is 32.7 Å². The molecule has 3 nitrogen and oxygen atoms in total. The van der Waals surface area contributed by atoms with E-state index in [0.29, 0.717) is 11.7 Å². The van der Waals surface area contributed by atoms with Crippen LogP contribution in [-0.2, 0) is 11.2 Å². The van der Waals surface area contributed by atoms with Crippen molar-refractivity contribution in [1.29, 1.82) is 0 Å². The summed E-state index contributed by atoms with van der Waals surface area (Å²) in [6.07, 6.45) is 3.49. The Morgan fingerprint density at radius 3 is 2.82 bits per heavy atom. The molecule has 94 valence electrons. The fraction of sp³-hybridized carbons (Fsp3) is 0.571. The van der Waals surface area contributed by atoms with Gasteiger partial charge in [0.15, 0.2) is 0 Å². The highest BCUT2D eigenvalue weighted by atomic mass is 16.5. The van der Waals surface area contributed by atoms with Crippen molar-refractivity contribution >= 4 is 0 Å². The Kier molecular flexibility index (Phi) is 4.83. The van der Waals surface area contributed by atoms with Crippen molar-refractivity contribution in [1.82, 2.24) is 5.32 Å². The molecule has 1 aliphatic rings. The van der Waals surface area contributed by atoms with E-state index in [2.05, 4.69) is 5.32 Å². The van der Waals surface area contributed by atoms with Gasteiger partial charge in [-0.05, 0) is 49.4 Å². The molecule has 0 amide bonds. The molecule has 1 saturated heterocycles. The largest absolute Gasteiger partial charge is 0.508 e. The number of aromatic hydroxyl groups is 1. The minimum Gasteiger partial charge on any atom is -0.508 e. The van der Waals surface area contributed by atoms with Crippen LogP contribution < -0.4 is 5.32 Å². The lowest BCUT2D eigenvalue weighted by Crippen LogP contribution is -2.30. The first-order valence-corrected chi connectivity index (χ1v) is 6.41. The summed E-state index contributed by atoms with van der Waals surface area (Å²) in [5.74, 6) is 1.02. The fourth-order valence-electron chi connectivity index (χ4n) is 2.17. The molecular weight excluding hydrogens is 214 g/mol. The molecule has 0 aromatic heterocycles. The number of benzene rings is 1. The third kappa shape index (κ3) is 4.36. The molecule has 1 aromatic rings. The fourth-order valence-corrected chi connectivity index (χ4v) is 2.17. The third-order valence-corrected chi connectivity index (χ3v) is 3.21. The van der Waals surface area contributed by atoms with Crippen molar-refractivity contribution < 1.29 is 9.84 Å². The third-order valence-electron chi connectivity index (χ3n) is 3.21. The smallest absolute Gasteiger partial charge is 0.115 e. The molecule has 1 fully saturated rings. The lowest BCUT2D eigenvalue weighted by Gasteiger charge is -2.22. The van der Waals surface area contributed by atoms with Crippen LogP contribution in [0.1, 0.15) is 18.4 Å². The zero-order chi connectivity index (χ0) is 11.9. The summed E-state index contributed by atoms with van der Waals surface area (Å²) < 4.78 is 5.44. The van der Waals surface area contributed by atoms with E-state index >= 15 is 0 Å². The zero-order valence-corrected chi connectivity index (χ0v) is 10.2. The summed E-state index contributed by atoms with van der Waals surface area (Å²) in [5, 5.41) is 12.6. The van der Waals surface area contributed by atoms with Gasteiger partial charge < -0.3 is 15.2 Å². The second kappa shape index (κ2) is 6.62. The van der Waals surface area contributed by atoms with Gasteiger partial charge in [0, 0.05) is 13.2 Å². The van der Waals surface area contributed by atoms with Gasteiger partial charge in [-0.3, -0.25) is 0 Å². The lowest BCUT2D eigenvalue weighted by molar-refractivity contribution is 0.0550. The maximum atomic E-state index is 9.17. The first kappa shape index (κ1) is 12.4. The molecule has 2 N–H and O–H groups in total. The highest BCUT2D eigenvalue weighted by Crippen LogP contribution is 2.12. The zero-order valence-electron chi connectivity index (χ0n) is 10.2. The van der Waals surface area contributed by atoms with Crippen molar-refractivity contribution in [3.05, 3.63) is 29.8 Å². The number of hydrogen-bond donors (Lipinski definition) is 2. The van der Waals surface area contributed by atoms with E-state index in [1.807, 2.05) is 12.1 Å². The summed E-state index contributed by atoms with van der Waals surface area (Å²) in [7, 11) is 0. The molecule has 0 saturated carbocycles. The minimum absolute atomic E-state index is 0.334. The van der Waals surface area contributed by atoms with Gasteiger partial charge in [0.25, 0.3) is 0 Å². The summed E-state index contributed by atoms with van der Waals surface area (Å²) in [4.78, 5) is 0. The molecule has 1 unspecified atom stereocenters. The normalized spacial score (nSPS) is 20.4. The van der Waals surface area contributed by atoms with Gasteiger partial charge in [-0.2, -0.15) is 0 Å². The minimum atomic E-state index is 0.334. The van der Waals surface area contributed by atoms with Crippen LogP contribution >= 0.6 is 0 Å². The molecule has 2 rings (SSSR count). The topological polar surface area (TPSA) is 41.5 Å². The molecule has 1 heterocycles. The Labute approximate surface area is 103 Å². The monoisotopic (exact) mass is 235 g/mol. The average molecular weight is 235 g/mol. The van der Waals surface area contributed by atoms with Gasteiger partial charge in [0.1, 0.15) is 5.75 Å². The van der Waals surface area contributed by atoms with E-state index in [1.165, 1.54) is 18.4 Å². The molecule has 1 atom stereocenters. The highest BCUT2D eigenvalue weighted by molar-refractivity contribution is 5.25. The van der Waals surface area contributed by atoms with E-state index in [-0.39, 0.29) is 0 Å². The van der Waals surface area contributed by atoms with E-state index in [1.54, 1.807) is 12.1 Å². The lowest BCUT2D eigenvalue weighted by atomic mass is 10.0. The molecular formula is C14H21NO2. The van der Waals surface area contributed by atoms with Crippen LogP contribution in [0.5, 0.6) is 5.75 Å². The number of phenols is 1. The Balaban J connectivity index is 1.60. The summed E-state index contributed by atoms with van der Waals surface area (Å²) in [6, 6.07) is 7.43. The Morgan fingerprint density at radius 2 is 2.12 bits per heavy atom. The van der Waals surface area contributed by atoms with Gasteiger partial charge in [-0.25, -0.2) is 0 Å². The first-order chi connectivity index (χ1) is 8.34. The van der Waals surface area contributed by atoms with E-state index in [4.69, 9.17) is 9.84 Å². The molecule has 17 heavy (non-hydrogen) atoms. The molecule has 3 heteroatoms. The number of rotatable bonds is 5. The van der Waals surface area contributed by atoms with E-state index < -0.39 is 0 Å². The van der Waals surface area contributed by atoms with Crippen LogP contribution in [-0.4, -0.2) is 31.4 Å². The maximum Gasteiger partial charge on any atom is 0.115 e. The van der Waals surface area contributed by atoms with E-state index in [9.17, 15) is 0 Å². The SMILES string of the molecule is Oc1ccc(CCNCC2CCCOC2)cc1. The summed E-state index contributed by atoms with van der Waals surface area (Å²) in [6.45, 7) is 3.88. The van der Waals surface area contributed by atoms with Crippen molar-refractivity contribution in [2.75, 3.05) is 26.3 Å². The van der Waals surface area contributed by atoms with Crippen LogP contribution in [0.15, 0.2) is 24.3 Å². The molecule has 0 radical (unpaired) electrons. The van der Waals surface area contributed by atoms with Crippen LogP contribution in [0.4, 0.5) is 0 Å². The maximum absolute atomic E-state index is 9.17. The van der Waals surface area contributed by atoms with Crippen molar-refractivity contribution in [3.63, 3.8) is 0 Å². The predicted molar refractivity (Wildman–Crippen MR) is 68.2 cm³/mol. The van der Waals surface area contributed by atoms with Crippen molar-refractivity contribution in [2.45, 2.75) is 19.3 Å². The molecule has 1 aliphatic heterocycles. The van der Waals surface area contributed by atoms with Crippen molar-refractivity contribution in [2.24, 2.45) is 5.92 Å². The van der Waals surface area contributed by atoms with Gasteiger partial charge in [0.05, 0.1) is 6.61 Å². The van der Waals surface area contributed by atoms with Gasteiger partial charge >= 0.3 is 0 Å². The van der Waals surface area contributed by atoms with Crippen LogP contribution in [0, 0.1) is 5.92 Å². The summed E-state index contributed by atoms with van der Waals surface area (Å²) in [5.41, 5.74) is 1.26. The van der Waals surface area contributed by atoms with Gasteiger partial charge in [0.2, 0.25) is 0 Å². The number of hydrogen-bond acceptors (Lipinski definition) is 3. The molecule has 0 spiro atoms. The predicted octanol–water partition coefficient (Wildman–Crippen LogP) is 1.95. The van der Waals surface area contributed by atoms with Gasteiger partial charge in [-0.15, -0.1) is 0 Å². The molecule has 0 bridgehead atoms. The van der Waals surface area contributed by atoms with Crippen LogP contribution in [0.2, 0.25) is 0 Å². The second-order valence-electron chi connectivity index (χ2n) is 4.70. The van der Waals surface area contributed by atoms with Crippen LogP contribution in [0.3, 0.4) is 0 Å². The number of nitrogens with one attached hydrogen (secondary N) is 1. The van der Waals surface area contributed by atoms with Crippen molar-refractivity contribution in [3.8, 4) is 5.75 Å². The Morgan fingerprint density at radius 1 is 1.29 bits per heavy atom. The molecule has 1 aromatic carbocycles. The number of phenolic OH excluding ortho intramolecular Hbond substituents is 1. The van der Waals surface area contributed by atoms with Crippen LogP contribution in [0.25, 0.3) is 0 Å². The van der Waals surface area contributed by atoms with Gasteiger partial charge in [-0.1, -0.05) is 12.1 Å². The second-order valence-corrected chi connectivity index (χ2v) is 4.70. The highest BCUT2D eigenvalue weighted by Gasteiger charge is 2.12. The molecule has 0 aliphatic carbocycles. The average Bonchev–Trinajstić information content (AvgIpc) is 2.38. The quantitative estimate of drug-likeness (QED) is 0.766. The first-order valence-electron chi connectivity index (χ1n) is 6.41. The Hall–Kier alpha value is -1.06. The standard InChI is InChI=1S/C14H21NO2/c16-14-5-3-12(4-6-14)7-8-15-10-13-2-1-9-17-11-13/h3-6,13,15-16H,1-2,7-11H2. The Bertz CT molecular complexity index is 317. The number of ether oxygens (including phenoxy) is 1. The summed E-state index contributed by atoms with van der Waals surface area (Å²) >= 11 is 0.